The topological polar surface area (TPSA) is 89.4 Å². The van der Waals surface area contributed by atoms with Gasteiger partial charge in [-0.1, -0.05) is 30.3 Å². The van der Waals surface area contributed by atoms with E-state index in [1.165, 1.54) is 0 Å². The number of ether oxygens (including phenoxy) is 1. The number of rotatable bonds is 6. The Morgan fingerprint density at radius 2 is 1.74 bits per heavy atom. The molecule has 34 heavy (non-hydrogen) atoms. The molecule has 2 heterocycles. The molecule has 0 saturated heterocycles. The van der Waals surface area contributed by atoms with Gasteiger partial charge in [-0.25, -0.2) is 9.78 Å². The molecule has 0 fully saturated rings. The first-order valence-corrected chi connectivity index (χ1v) is 10.9. The molecular weight excluding hydrogens is 430 g/mol. The third-order valence-corrected chi connectivity index (χ3v) is 5.56. The van der Waals surface area contributed by atoms with Gasteiger partial charge in [-0.05, 0) is 44.2 Å². The number of hydrogen-bond donors (Lipinski definition) is 1. The summed E-state index contributed by atoms with van der Waals surface area (Å²) in [6.45, 7) is 3.37. The molecule has 1 N–H and O–H groups in total. The van der Waals surface area contributed by atoms with E-state index in [4.69, 9.17) is 9.72 Å². The maximum absolute atomic E-state index is 13.2. The summed E-state index contributed by atoms with van der Waals surface area (Å²) in [5.74, 6) is -1.02. The Labute approximate surface area is 198 Å². The second-order valence-electron chi connectivity index (χ2n) is 8.31. The van der Waals surface area contributed by atoms with Crippen molar-refractivity contribution in [3.8, 4) is 11.3 Å². The van der Waals surface area contributed by atoms with Gasteiger partial charge in [0, 0.05) is 38.1 Å². The SMILES string of the molecule is Cc1nn(C)c2nc(-c3ccccc3)cc(C(=O)OC(C)C(=O)Nc3ccc(N(C)C)cc3)c12. The highest BCUT2D eigenvalue weighted by atomic mass is 16.5. The Balaban J connectivity index is 1.59. The maximum atomic E-state index is 13.2. The minimum absolute atomic E-state index is 0.324. The van der Waals surface area contributed by atoms with Gasteiger partial charge in [-0.2, -0.15) is 5.10 Å². The first-order chi connectivity index (χ1) is 16.2. The van der Waals surface area contributed by atoms with E-state index in [9.17, 15) is 9.59 Å². The molecule has 0 aliphatic heterocycles. The summed E-state index contributed by atoms with van der Waals surface area (Å²) in [5.41, 5.74) is 4.69. The van der Waals surface area contributed by atoms with Crippen LogP contribution in [0, 0.1) is 6.92 Å². The predicted molar refractivity (Wildman–Crippen MR) is 133 cm³/mol. The molecule has 174 valence electrons. The molecule has 2 aromatic carbocycles. The van der Waals surface area contributed by atoms with Crippen molar-refractivity contribution in [2.24, 2.45) is 7.05 Å². The normalized spacial score (nSPS) is 11.8. The molecule has 0 saturated carbocycles. The molecule has 0 aliphatic carbocycles. The molecule has 0 aliphatic rings. The Morgan fingerprint density at radius 3 is 2.38 bits per heavy atom. The second-order valence-corrected chi connectivity index (χ2v) is 8.31. The molecule has 4 aromatic rings. The highest BCUT2D eigenvalue weighted by Gasteiger charge is 2.24. The van der Waals surface area contributed by atoms with Gasteiger partial charge in [-0.15, -0.1) is 0 Å². The van der Waals surface area contributed by atoms with Crippen molar-refractivity contribution in [3.05, 3.63) is 71.9 Å². The molecule has 8 nitrogen and oxygen atoms in total. The number of aromatic nitrogens is 3. The smallest absolute Gasteiger partial charge is 0.339 e. The van der Waals surface area contributed by atoms with Crippen molar-refractivity contribution in [2.45, 2.75) is 20.0 Å². The van der Waals surface area contributed by atoms with E-state index in [-0.39, 0.29) is 0 Å². The van der Waals surface area contributed by atoms with Crippen LogP contribution in [0.3, 0.4) is 0 Å². The van der Waals surface area contributed by atoms with Crippen molar-refractivity contribution in [3.63, 3.8) is 0 Å². The number of amides is 1. The van der Waals surface area contributed by atoms with Crippen LogP contribution in [0.4, 0.5) is 11.4 Å². The third-order valence-electron chi connectivity index (χ3n) is 5.56. The van der Waals surface area contributed by atoms with Gasteiger partial charge in [0.05, 0.1) is 22.3 Å². The summed E-state index contributed by atoms with van der Waals surface area (Å²) in [6.07, 6.45) is -0.999. The van der Waals surface area contributed by atoms with Gasteiger partial charge in [0.15, 0.2) is 11.8 Å². The number of nitrogens with one attached hydrogen (secondary N) is 1. The van der Waals surface area contributed by atoms with Gasteiger partial charge in [0.1, 0.15) is 0 Å². The maximum Gasteiger partial charge on any atom is 0.339 e. The number of nitrogens with zero attached hydrogens (tertiary/aromatic N) is 4. The van der Waals surface area contributed by atoms with Gasteiger partial charge < -0.3 is 15.0 Å². The average molecular weight is 458 g/mol. The number of pyridine rings is 1. The van der Waals surface area contributed by atoms with Crippen LogP contribution in [-0.2, 0) is 16.6 Å². The fraction of sp³-hybridized carbons (Fsp3) is 0.231. The zero-order chi connectivity index (χ0) is 24.4. The zero-order valence-electron chi connectivity index (χ0n) is 19.9. The quantitative estimate of drug-likeness (QED) is 0.437. The third kappa shape index (κ3) is 4.61. The van der Waals surface area contributed by atoms with Crippen molar-refractivity contribution >= 4 is 34.3 Å². The monoisotopic (exact) mass is 457 g/mol. The van der Waals surface area contributed by atoms with E-state index < -0.39 is 18.0 Å². The summed E-state index contributed by atoms with van der Waals surface area (Å²) < 4.78 is 7.21. The minimum atomic E-state index is -0.999. The molecular formula is C26H27N5O3. The predicted octanol–water partition coefficient (Wildman–Crippen LogP) is 4.19. The van der Waals surface area contributed by atoms with E-state index >= 15 is 0 Å². The highest BCUT2D eigenvalue weighted by molar-refractivity contribution is 6.06. The van der Waals surface area contributed by atoms with Crippen molar-refractivity contribution in [1.29, 1.82) is 0 Å². The fourth-order valence-electron chi connectivity index (χ4n) is 3.73. The van der Waals surface area contributed by atoms with Crippen LogP contribution < -0.4 is 10.2 Å². The number of esters is 1. The van der Waals surface area contributed by atoms with Gasteiger partial charge in [0.25, 0.3) is 5.91 Å². The lowest BCUT2D eigenvalue weighted by molar-refractivity contribution is -0.123. The Bertz CT molecular complexity index is 1340. The highest BCUT2D eigenvalue weighted by Crippen LogP contribution is 2.27. The van der Waals surface area contributed by atoms with Crippen molar-refractivity contribution in [1.82, 2.24) is 14.8 Å². The van der Waals surface area contributed by atoms with Crippen LogP contribution in [0.1, 0.15) is 23.0 Å². The Hall–Kier alpha value is -4.20. The van der Waals surface area contributed by atoms with E-state index in [2.05, 4.69) is 10.4 Å². The largest absolute Gasteiger partial charge is 0.449 e. The van der Waals surface area contributed by atoms with Gasteiger partial charge in [0.2, 0.25) is 0 Å². The van der Waals surface area contributed by atoms with E-state index in [1.807, 2.05) is 68.4 Å². The van der Waals surface area contributed by atoms with Gasteiger partial charge in [-0.3, -0.25) is 9.48 Å². The van der Waals surface area contributed by atoms with Crippen molar-refractivity contribution in [2.75, 3.05) is 24.3 Å². The number of aryl methyl sites for hydroxylation is 2. The first kappa shape index (κ1) is 23.0. The fourth-order valence-corrected chi connectivity index (χ4v) is 3.73. The molecule has 2 aromatic heterocycles. The second kappa shape index (κ2) is 9.35. The van der Waals surface area contributed by atoms with E-state index in [0.29, 0.717) is 33.7 Å². The summed E-state index contributed by atoms with van der Waals surface area (Å²) in [5, 5.41) is 7.82. The van der Waals surface area contributed by atoms with Crippen molar-refractivity contribution < 1.29 is 14.3 Å². The molecule has 1 amide bonds. The minimum Gasteiger partial charge on any atom is -0.449 e. The van der Waals surface area contributed by atoms with E-state index in [0.717, 1.165) is 11.3 Å². The zero-order valence-corrected chi connectivity index (χ0v) is 19.9. The van der Waals surface area contributed by atoms with Crippen LogP contribution >= 0.6 is 0 Å². The standard InChI is InChI=1S/C26H27N5O3/c1-16-23-21(15-22(18-9-7-6-8-10-18)28-24(23)31(5)29-16)26(33)34-17(2)25(32)27-19-11-13-20(14-12-19)30(3)4/h6-15,17H,1-5H3,(H,27,32). The van der Waals surface area contributed by atoms with Crippen LogP contribution in [0.5, 0.6) is 0 Å². The number of carbonyl (C=O) groups excluding carboxylic acids is 2. The van der Waals surface area contributed by atoms with Crippen LogP contribution in [0.25, 0.3) is 22.3 Å². The molecule has 0 spiro atoms. The van der Waals surface area contributed by atoms with E-state index in [1.54, 1.807) is 36.9 Å². The lowest BCUT2D eigenvalue weighted by Crippen LogP contribution is -2.30. The van der Waals surface area contributed by atoms with Crippen LogP contribution in [0.15, 0.2) is 60.7 Å². The van der Waals surface area contributed by atoms with Crippen LogP contribution in [-0.4, -0.2) is 46.8 Å². The number of fused-ring (bicyclic) bond motifs is 1. The molecule has 0 radical (unpaired) electrons. The summed E-state index contributed by atoms with van der Waals surface area (Å²) in [6, 6.07) is 18.7. The Morgan fingerprint density at radius 1 is 1.06 bits per heavy atom. The number of hydrogen-bond acceptors (Lipinski definition) is 6. The Kier molecular flexibility index (Phi) is 6.32. The lowest BCUT2D eigenvalue weighted by atomic mass is 10.1. The molecule has 4 rings (SSSR count). The summed E-state index contributed by atoms with van der Waals surface area (Å²) in [4.78, 5) is 32.6. The summed E-state index contributed by atoms with van der Waals surface area (Å²) >= 11 is 0. The molecule has 1 atom stereocenters. The number of anilines is 2. The molecule has 1 unspecified atom stereocenters. The number of carbonyl (C=O) groups is 2. The molecule has 0 bridgehead atoms. The number of benzene rings is 2. The van der Waals surface area contributed by atoms with Gasteiger partial charge >= 0.3 is 5.97 Å². The molecule has 8 heteroatoms. The lowest BCUT2D eigenvalue weighted by Gasteiger charge is -2.16. The summed E-state index contributed by atoms with van der Waals surface area (Å²) in [7, 11) is 5.67. The average Bonchev–Trinajstić information content (AvgIpc) is 3.12. The first-order valence-electron chi connectivity index (χ1n) is 10.9. The van der Waals surface area contributed by atoms with Crippen LogP contribution in [0.2, 0.25) is 0 Å².